The quantitative estimate of drug-likeness (QED) is 0.563. The van der Waals surface area contributed by atoms with Crippen molar-refractivity contribution in [2.75, 3.05) is 35.2 Å². The van der Waals surface area contributed by atoms with Crippen LogP contribution in [-0.4, -0.2) is 54.9 Å². The van der Waals surface area contributed by atoms with Gasteiger partial charge in [-0.1, -0.05) is 0 Å². The summed E-state index contributed by atoms with van der Waals surface area (Å²) in [4.78, 5) is 4.18. The number of aromatic nitrogens is 1. The molecule has 16 heavy (non-hydrogen) atoms. The Morgan fingerprint density at radius 3 is 2.19 bits per heavy atom. The van der Waals surface area contributed by atoms with Crippen molar-refractivity contribution in [3.8, 4) is 0 Å². The van der Waals surface area contributed by atoms with Crippen LogP contribution < -0.4 is 0 Å². The van der Waals surface area contributed by atoms with Crippen molar-refractivity contribution in [3.05, 3.63) is 36.5 Å². The van der Waals surface area contributed by atoms with E-state index in [0.717, 1.165) is 12.1 Å². The first-order valence-corrected chi connectivity index (χ1v) is 5.33. The van der Waals surface area contributed by atoms with E-state index >= 15 is 0 Å². The number of rotatable bonds is 4. The predicted octanol–water partition coefficient (Wildman–Crippen LogP) is 1.16. The Morgan fingerprint density at radius 2 is 1.75 bits per heavy atom. The summed E-state index contributed by atoms with van der Waals surface area (Å²) in [5.41, 5.74) is 2.15. The highest BCUT2D eigenvalue weighted by Crippen LogP contribution is 2.15. The second-order valence-electron chi connectivity index (χ2n) is 4.64. The molecule has 0 bridgehead atoms. The molecule has 0 aliphatic carbocycles. The number of nitrogens with zero attached hydrogens (tertiary/aromatic N) is 4. The van der Waals surface area contributed by atoms with Gasteiger partial charge in [-0.05, 0) is 18.6 Å². The third-order valence-electron chi connectivity index (χ3n) is 3.06. The van der Waals surface area contributed by atoms with Crippen LogP contribution in [0, 0.1) is 6.92 Å². The summed E-state index contributed by atoms with van der Waals surface area (Å²) in [6.07, 6.45) is 3.68. The monoisotopic (exact) mass is 222 g/mol. The van der Waals surface area contributed by atoms with Crippen molar-refractivity contribution in [1.29, 1.82) is 0 Å². The molecule has 0 saturated carbocycles. The molecule has 0 aliphatic rings. The van der Waals surface area contributed by atoms with Crippen LogP contribution in [0.1, 0.15) is 11.1 Å². The Morgan fingerprint density at radius 1 is 1.19 bits per heavy atom. The smallest absolute Gasteiger partial charge is 0.142 e. The van der Waals surface area contributed by atoms with Gasteiger partial charge in [-0.3, -0.25) is 4.98 Å². The minimum atomic E-state index is 0.700. The summed E-state index contributed by atoms with van der Waals surface area (Å²) in [5, 5.41) is 4.32. The van der Waals surface area contributed by atoms with E-state index in [-0.39, 0.29) is 0 Å². The van der Waals surface area contributed by atoms with Crippen molar-refractivity contribution in [1.82, 2.24) is 15.0 Å². The van der Waals surface area contributed by atoms with Gasteiger partial charge in [-0.25, -0.2) is 0 Å². The van der Waals surface area contributed by atoms with Crippen LogP contribution in [0.15, 0.2) is 18.5 Å². The predicted molar refractivity (Wildman–Crippen MR) is 66.0 cm³/mol. The van der Waals surface area contributed by atoms with E-state index in [4.69, 9.17) is 0 Å². The number of pyridine rings is 1. The van der Waals surface area contributed by atoms with Gasteiger partial charge in [0.2, 0.25) is 0 Å². The maximum Gasteiger partial charge on any atom is 0.142 e. The molecule has 0 aromatic carbocycles. The third-order valence-corrected chi connectivity index (χ3v) is 3.06. The molecule has 0 spiro atoms. The first-order chi connectivity index (χ1) is 7.36. The van der Waals surface area contributed by atoms with Gasteiger partial charge in [-0.15, -0.1) is 10.0 Å². The highest BCUT2D eigenvalue weighted by molar-refractivity contribution is 5.19. The fraction of sp³-hybridized carbons (Fsp3) is 0.500. The first kappa shape index (κ1) is 13.1. The Hall–Kier alpha value is -0.970. The van der Waals surface area contributed by atoms with Gasteiger partial charge in [0.1, 0.15) is 13.6 Å². The minimum Gasteiger partial charge on any atom is -0.264 e. The van der Waals surface area contributed by atoms with E-state index < -0.39 is 0 Å². The lowest BCUT2D eigenvalue weighted by Gasteiger charge is -2.42. The van der Waals surface area contributed by atoms with Gasteiger partial charge in [0, 0.05) is 46.1 Å². The van der Waals surface area contributed by atoms with Gasteiger partial charge in [0.25, 0.3) is 0 Å². The van der Waals surface area contributed by atoms with Crippen LogP contribution in [0.25, 0.3) is 0 Å². The Bertz CT molecular complexity index is 339. The van der Waals surface area contributed by atoms with Crippen LogP contribution in [0.3, 0.4) is 0 Å². The van der Waals surface area contributed by atoms with E-state index in [1.165, 1.54) is 5.56 Å². The number of hydrogen-bond acceptors (Lipinski definition) is 3. The van der Waals surface area contributed by atoms with Crippen LogP contribution >= 0.6 is 0 Å². The summed E-state index contributed by atoms with van der Waals surface area (Å²) in [6.45, 7) is 4.78. The largest absolute Gasteiger partial charge is 0.264 e. The maximum absolute atomic E-state index is 4.18. The Labute approximate surface area is 98.6 Å². The Kier molecular flexibility index (Phi) is 4.02. The fourth-order valence-electron chi connectivity index (χ4n) is 1.61. The van der Waals surface area contributed by atoms with Gasteiger partial charge < -0.3 is 0 Å². The van der Waals surface area contributed by atoms with Crippen molar-refractivity contribution >= 4 is 0 Å². The topological polar surface area (TPSA) is 19.4 Å². The average molecular weight is 222 g/mol. The minimum absolute atomic E-state index is 0.700. The first-order valence-electron chi connectivity index (χ1n) is 5.33. The van der Waals surface area contributed by atoms with E-state index in [1.54, 1.807) is 6.20 Å². The molecule has 0 aliphatic heterocycles. The molecule has 0 atom stereocenters. The van der Waals surface area contributed by atoms with Crippen LogP contribution in [-0.2, 0) is 6.54 Å². The summed E-state index contributed by atoms with van der Waals surface area (Å²) in [6, 6.07) is 2.08. The molecule has 1 heterocycles. The molecule has 1 rings (SSSR count). The van der Waals surface area contributed by atoms with E-state index in [1.807, 2.05) is 6.20 Å². The Balaban J connectivity index is 2.93. The van der Waals surface area contributed by atoms with Crippen molar-refractivity contribution in [2.24, 2.45) is 0 Å². The van der Waals surface area contributed by atoms with E-state index in [0.29, 0.717) is 4.70 Å². The van der Waals surface area contributed by atoms with E-state index in [2.05, 4.69) is 63.2 Å². The molecule has 1 aromatic heterocycles. The van der Waals surface area contributed by atoms with Gasteiger partial charge in [-0.2, -0.15) is 4.70 Å². The summed E-state index contributed by atoms with van der Waals surface area (Å²) >= 11 is 0. The number of hydrogen-bond donors (Lipinski definition) is 0. The lowest BCUT2D eigenvalue weighted by molar-refractivity contribution is -1.11. The molecule has 1 radical (unpaired) electrons. The van der Waals surface area contributed by atoms with Crippen molar-refractivity contribution in [2.45, 2.75) is 6.54 Å². The maximum atomic E-state index is 4.18. The highest BCUT2D eigenvalue weighted by atomic mass is 15.9. The fourth-order valence-corrected chi connectivity index (χ4v) is 1.61. The zero-order valence-corrected chi connectivity index (χ0v) is 10.9. The normalized spacial score (nSPS) is 12.5. The summed E-state index contributed by atoms with van der Waals surface area (Å²) in [5.74, 6) is 0. The van der Waals surface area contributed by atoms with Crippen molar-refractivity contribution in [3.63, 3.8) is 0 Å². The van der Waals surface area contributed by atoms with Crippen LogP contribution in [0.4, 0.5) is 0 Å². The second-order valence-corrected chi connectivity index (χ2v) is 4.64. The van der Waals surface area contributed by atoms with Gasteiger partial charge in [0.05, 0.1) is 0 Å². The van der Waals surface area contributed by atoms with Gasteiger partial charge >= 0.3 is 0 Å². The van der Waals surface area contributed by atoms with Gasteiger partial charge in [0.15, 0.2) is 0 Å². The molecule has 0 saturated heterocycles. The standard InChI is InChI=1S/C12H22N4/c1-11-7-12(9-13-8-11)10-16(6,14(2)3)15(4)5/h7-9H,1,10H2,2-6H3/q+1. The average Bonchev–Trinajstić information content (AvgIpc) is 2.16. The highest BCUT2D eigenvalue weighted by Gasteiger charge is 2.29. The second kappa shape index (κ2) is 4.91. The molecule has 0 unspecified atom stereocenters. The van der Waals surface area contributed by atoms with E-state index in [9.17, 15) is 0 Å². The summed E-state index contributed by atoms with van der Waals surface area (Å²) in [7, 11) is 10.4. The molecular weight excluding hydrogens is 200 g/mol. The zero-order valence-electron chi connectivity index (χ0n) is 10.9. The molecule has 4 nitrogen and oxygen atoms in total. The molecule has 0 fully saturated rings. The lowest BCUT2D eigenvalue weighted by atomic mass is 10.2. The van der Waals surface area contributed by atoms with Crippen LogP contribution in [0.2, 0.25) is 0 Å². The SMILES string of the molecule is [CH2]c1cncc(C[N+](C)(N(C)C)N(C)C)c1. The molecule has 89 valence electrons. The molecular formula is C12H22N4+. The molecule has 1 aromatic rings. The zero-order chi connectivity index (χ0) is 12.3. The molecule has 4 heteroatoms. The lowest BCUT2D eigenvalue weighted by Crippen LogP contribution is -2.61. The molecule has 0 N–H and O–H groups in total. The summed E-state index contributed by atoms with van der Waals surface area (Å²) < 4.78 is 0.700. The van der Waals surface area contributed by atoms with Crippen molar-refractivity contribution < 1.29 is 4.70 Å². The van der Waals surface area contributed by atoms with Crippen LogP contribution in [0.5, 0.6) is 0 Å². The number of quaternary nitrogens is 1. The third kappa shape index (κ3) is 2.78. The molecule has 0 amide bonds.